The molecule has 0 heterocycles. The zero-order valence-electron chi connectivity index (χ0n) is 13.0. The van der Waals surface area contributed by atoms with Crippen molar-refractivity contribution >= 4 is 18.1 Å². The molecule has 0 saturated heterocycles. The van der Waals surface area contributed by atoms with Gasteiger partial charge in [-0.1, -0.05) is 24.3 Å². The van der Waals surface area contributed by atoms with E-state index in [1.165, 1.54) is 7.11 Å². The van der Waals surface area contributed by atoms with E-state index in [-0.39, 0.29) is 12.1 Å². The Morgan fingerprint density at radius 3 is 2.52 bits per heavy atom. The van der Waals surface area contributed by atoms with Crippen molar-refractivity contribution in [1.29, 1.82) is 0 Å². The summed E-state index contributed by atoms with van der Waals surface area (Å²) >= 11 is 0. The van der Waals surface area contributed by atoms with Gasteiger partial charge in [-0.15, -0.1) is 0 Å². The number of carbonyl (C=O) groups is 1. The van der Waals surface area contributed by atoms with Crippen LogP contribution in [0, 0.1) is 0 Å². The summed E-state index contributed by atoms with van der Waals surface area (Å²) in [5.74, 6) is 0.757. The van der Waals surface area contributed by atoms with Crippen molar-refractivity contribution in [1.82, 2.24) is 0 Å². The highest BCUT2D eigenvalue weighted by atomic mass is 16.5. The molecule has 0 radical (unpaired) electrons. The van der Waals surface area contributed by atoms with Gasteiger partial charge < -0.3 is 20.5 Å². The Morgan fingerprint density at radius 1 is 1.17 bits per heavy atom. The molecule has 2 rings (SSSR count). The number of nitrogens with two attached hydrogens (primary N) is 1. The Bertz CT molecular complexity index is 684. The highest BCUT2D eigenvalue weighted by Gasteiger charge is 2.15. The summed E-state index contributed by atoms with van der Waals surface area (Å²) in [6.07, 6.45) is 0.633. The van der Waals surface area contributed by atoms with Crippen LogP contribution in [0.15, 0.2) is 53.5 Å². The fourth-order valence-electron chi connectivity index (χ4n) is 2.17. The van der Waals surface area contributed by atoms with E-state index in [4.69, 9.17) is 15.2 Å². The van der Waals surface area contributed by atoms with E-state index >= 15 is 0 Å². The Labute approximate surface area is 134 Å². The summed E-state index contributed by atoms with van der Waals surface area (Å²) < 4.78 is 10.2. The van der Waals surface area contributed by atoms with Crippen molar-refractivity contribution in [2.75, 3.05) is 19.5 Å². The third-order valence-corrected chi connectivity index (χ3v) is 3.32. The maximum Gasteiger partial charge on any atom is 0.282 e. The van der Waals surface area contributed by atoms with Crippen molar-refractivity contribution in [3.8, 4) is 5.75 Å². The maximum atomic E-state index is 10.6. The van der Waals surface area contributed by atoms with Crippen LogP contribution in [0.5, 0.6) is 5.75 Å². The van der Waals surface area contributed by atoms with Crippen molar-refractivity contribution in [3.63, 3.8) is 0 Å². The summed E-state index contributed by atoms with van der Waals surface area (Å²) in [7, 11) is 3.08. The lowest BCUT2D eigenvalue weighted by molar-refractivity contribution is -0.105. The predicted molar refractivity (Wildman–Crippen MR) is 89.6 cm³/mol. The quantitative estimate of drug-likeness (QED) is 0.487. The molecule has 3 N–H and O–H groups in total. The van der Waals surface area contributed by atoms with E-state index in [9.17, 15) is 4.79 Å². The first-order chi connectivity index (χ1) is 11.2. The second-order valence-electron chi connectivity index (χ2n) is 4.73. The molecule has 6 nitrogen and oxygen atoms in total. The SMILES string of the molecule is COC(N)=NC(c1ccc(OC)cc1)c1cccc(NC=O)c1. The molecule has 0 aromatic heterocycles. The first-order valence-electron chi connectivity index (χ1n) is 6.99. The third kappa shape index (κ3) is 4.23. The molecule has 0 fully saturated rings. The van der Waals surface area contributed by atoms with Gasteiger partial charge in [-0.05, 0) is 35.4 Å². The minimum Gasteiger partial charge on any atom is -0.497 e. The van der Waals surface area contributed by atoms with Gasteiger partial charge in [0.05, 0.1) is 14.2 Å². The van der Waals surface area contributed by atoms with Gasteiger partial charge in [0.2, 0.25) is 6.41 Å². The van der Waals surface area contributed by atoms with Crippen LogP contribution in [-0.4, -0.2) is 26.7 Å². The lowest BCUT2D eigenvalue weighted by atomic mass is 9.98. The first kappa shape index (κ1) is 16.4. The zero-order valence-corrected chi connectivity index (χ0v) is 13.0. The number of ether oxygens (including phenoxy) is 2. The molecule has 23 heavy (non-hydrogen) atoms. The number of nitrogens with one attached hydrogen (secondary N) is 1. The normalized spacial score (nSPS) is 12.3. The molecular weight excluding hydrogens is 294 g/mol. The number of nitrogens with zero attached hydrogens (tertiary/aromatic N) is 1. The summed E-state index contributed by atoms with van der Waals surface area (Å²) in [4.78, 5) is 15.0. The molecular formula is C17H19N3O3. The number of amidine groups is 1. The van der Waals surface area contributed by atoms with Crippen LogP contribution in [0.3, 0.4) is 0 Å². The topological polar surface area (TPSA) is 85.9 Å². The van der Waals surface area contributed by atoms with Crippen molar-refractivity contribution in [2.24, 2.45) is 10.7 Å². The molecule has 0 spiro atoms. The van der Waals surface area contributed by atoms with E-state index in [1.807, 2.05) is 42.5 Å². The lowest BCUT2D eigenvalue weighted by Gasteiger charge is -2.16. The number of methoxy groups -OCH3 is 2. The standard InChI is InChI=1S/C17H19N3O3/c1-22-15-8-6-12(7-9-15)16(20-17(18)23-2)13-4-3-5-14(10-13)19-11-21/h3-11,16H,1-2H3,(H2,18,20)(H,19,21). The maximum absolute atomic E-state index is 10.6. The lowest BCUT2D eigenvalue weighted by Crippen LogP contribution is -2.16. The van der Waals surface area contributed by atoms with Gasteiger partial charge >= 0.3 is 0 Å². The van der Waals surface area contributed by atoms with Crippen LogP contribution in [-0.2, 0) is 9.53 Å². The molecule has 120 valence electrons. The average Bonchev–Trinajstić information content (AvgIpc) is 2.60. The number of amides is 1. The molecule has 6 heteroatoms. The molecule has 0 aliphatic carbocycles. The second-order valence-corrected chi connectivity index (χ2v) is 4.73. The number of hydrogen-bond acceptors (Lipinski definition) is 4. The van der Waals surface area contributed by atoms with Gasteiger partial charge in [0.1, 0.15) is 11.8 Å². The van der Waals surface area contributed by atoms with Gasteiger partial charge in [0, 0.05) is 5.69 Å². The van der Waals surface area contributed by atoms with Crippen LogP contribution >= 0.6 is 0 Å². The van der Waals surface area contributed by atoms with Crippen molar-refractivity contribution in [3.05, 3.63) is 59.7 Å². The van der Waals surface area contributed by atoms with E-state index in [0.717, 1.165) is 16.9 Å². The Kier molecular flexibility index (Phi) is 5.57. The van der Waals surface area contributed by atoms with Gasteiger partial charge in [-0.2, -0.15) is 0 Å². The number of rotatable bonds is 6. The molecule has 2 aromatic rings. The minimum absolute atomic E-state index is 0.0829. The molecule has 1 unspecified atom stereocenters. The van der Waals surface area contributed by atoms with E-state index in [2.05, 4.69) is 10.3 Å². The van der Waals surface area contributed by atoms with Crippen molar-refractivity contribution < 1.29 is 14.3 Å². The Hall–Kier alpha value is -3.02. The predicted octanol–water partition coefficient (Wildman–Crippen LogP) is 2.31. The molecule has 0 bridgehead atoms. The number of benzene rings is 2. The minimum atomic E-state index is -0.353. The summed E-state index contributed by atoms with van der Waals surface area (Å²) in [6.45, 7) is 0. The van der Waals surface area contributed by atoms with Gasteiger partial charge in [0.25, 0.3) is 6.02 Å². The zero-order chi connectivity index (χ0) is 16.7. The third-order valence-electron chi connectivity index (χ3n) is 3.32. The largest absolute Gasteiger partial charge is 0.497 e. The summed E-state index contributed by atoms with van der Waals surface area (Å²) in [5, 5.41) is 2.63. The van der Waals surface area contributed by atoms with Crippen molar-refractivity contribution in [2.45, 2.75) is 6.04 Å². The van der Waals surface area contributed by atoms with Crippen LogP contribution in [0.1, 0.15) is 17.2 Å². The molecule has 0 saturated carbocycles. The molecule has 1 amide bonds. The fourth-order valence-corrected chi connectivity index (χ4v) is 2.17. The molecule has 0 aliphatic rings. The molecule has 2 aromatic carbocycles. The Morgan fingerprint density at radius 2 is 1.91 bits per heavy atom. The number of aliphatic imine (C=N–C) groups is 1. The number of anilines is 1. The van der Waals surface area contributed by atoms with E-state index < -0.39 is 0 Å². The summed E-state index contributed by atoms with van der Waals surface area (Å²) in [5.41, 5.74) is 8.22. The first-order valence-corrected chi connectivity index (χ1v) is 6.99. The second kappa shape index (κ2) is 7.84. The van der Waals surface area contributed by atoms with Crippen LogP contribution < -0.4 is 15.8 Å². The van der Waals surface area contributed by atoms with E-state index in [1.54, 1.807) is 13.2 Å². The summed E-state index contributed by atoms with van der Waals surface area (Å²) in [6, 6.07) is 14.7. The van der Waals surface area contributed by atoms with Crippen LogP contribution in [0.2, 0.25) is 0 Å². The van der Waals surface area contributed by atoms with E-state index in [0.29, 0.717) is 12.1 Å². The van der Waals surface area contributed by atoms with Crippen LogP contribution in [0.25, 0.3) is 0 Å². The highest BCUT2D eigenvalue weighted by molar-refractivity contribution is 5.73. The molecule has 1 atom stereocenters. The fraction of sp³-hybridized carbons (Fsp3) is 0.176. The molecule has 0 aliphatic heterocycles. The van der Waals surface area contributed by atoms with Crippen LogP contribution in [0.4, 0.5) is 5.69 Å². The smallest absolute Gasteiger partial charge is 0.282 e. The van der Waals surface area contributed by atoms with Gasteiger partial charge in [-0.3, -0.25) is 4.79 Å². The number of carbonyl (C=O) groups excluding carboxylic acids is 1. The average molecular weight is 313 g/mol. The highest BCUT2D eigenvalue weighted by Crippen LogP contribution is 2.29. The number of hydrogen-bond donors (Lipinski definition) is 2. The van der Waals surface area contributed by atoms with Gasteiger partial charge in [-0.25, -0.2) is 4.99 Å². The Balaban J connectivity index is 2.44. The monoisotopic (exact) mass is 313 g/mol. The van der Waals surface area contributed by atoms with Gasteiger partial charge in [0.15, 0.2) is 0 Å².